The highest BCUT2D eigenvalue weighted by Crippen LogP contribution is 2.32. The summed E-state index contributed by atoms with van der Waals surface area (Å²) in [4.78, 5) is 24.0. The Hall–Kier alpha value is -1.36. The molecule has 1 amide bonds. The standard InChI is InChI=1S/C16H20BrNO3/c1-10-5-7-16(8-6-10,15(20)21)18-14(19)12-4-3-11(2)13(17)9-12/h3-4,9-10H,5-8H2,1-2H3,(H,18,19)(H,20,21). The number of aliphatic carboxylic acids is 1. The lowest BCUT2D eigenvalue weighted by Crippen LogP contribution is -2.56. The minimum absolute atomic E-state index is 0.326. The summed E-state index contributed by atoms with van der Waals surface area (Å²) in [6.07, 6.45) is 2.62. The molecule has 1 aromatic carbocycles. The maximum absolute atomic E-state index is 12.4. The first-order valence-corrected chi connectivity index (χ1v) is 7.95. The van der Waals surface area contributed by atoms with Crippen LogP contribution in [0.15, 0.2) is 22.7 Å². The van der Waals surface area contributed by atoms with E-state index in [1.165, 1.54) is 0 Å². The summed E-state index contributed by atoms with van der Waals surface area (Å²) >= 11 is 3.39. The number of benzene rings is 1. The molecule has 2 N–H and O–H groups in total. The van der Waals surface area contributed by atoms with Gasteiger partial charge in [-0.25, -0.2) is 4.79 Å². The van der Waals surface area contributed by atoms with Gasteiger partial charge in [0.1, 0.15) is 5.54 Å². The second kappa shape index (κ2) is 6.18. The Bertz CT molecular complexity index is 563. The number of hydrogen-bond donors (Lipinski definition) is 2. The van der Waals surface area contributed by atoms with Crippen molar-refractivity contribution in [2.24, 2.45) is 5.92 Å². The zero-order chi connectivity index (χ0) is 15.6. The molecule has 0 aliphatic heterocycles. The molecule has 1 aliphatic carbocycles. The van der Waals surface area contributed by atoms with E-state index in [1.807, 2.05) is 13.0 Å². The van der Waals surface area contributed by atoms with E-state index >= 15 is 0 Å². The number of nitrogens with one attached hydrogen (secondary N) is 1. The number of halogens is 1. The van der Waals surface area contributed by atoms with E-state index in [9.17, 15) is 14.7 Å². The summed E-state index contributed by atoms with van der Waals surface area (Å²) in [5.41, 5.74) is 0.388. The molecule has 1 aromatic rings. The highest BCUT2D eigenvalue weighted by atomic mass is 79.9. The summed E-state index contributed by atoms with van der Waals surface area (Å²) in [6.45, 7) is 4.05. The first-order valence-electron chi connectivity index (χ1n) is 7.16. The van der Waals surface area contributed by atoms with Gasteiger partial charge in [0.2, 0.25) is 0 Å². The van der Waals surface area contributed by atoms with E-state index < -0.39 is 11.5 Å². The predicted octanol–water partition coefficient (Wildman–Crippen LogP) is 3.52. The van der Waals surface area contributed by atoms with Crippen LogP contribution in [0.5, 0.6) is 0 Å². The van der Waals surface area contributed by atoms with Gasteiger partial charge >= 0.3 is 5.97 Å². The van der Waals surface area contributed by atoms with E-state index in [-0.39, 0.29) is 5.91 Å². The SMILES string of the molecule is Cc1ccc(C(=O)NC2(C(=O)O)CCC(C)CC2)cc1Br. The number of carbonyl (C=O) groups excluding carboxylic acids is 1. The Morgan fingerprint density at radius 2 is 1.95 bits per heavy atom. The Balaban J connectivity index is 2.19. The van der Waals surface area contributed by atoms with Gasteiger partial charge in [-0.2, -0.15) is 0 Å². The Kier molecular flexibility index (Phi) is 4.71. The molecule has 21 heavy (non-hydrogen) atoms. The Morgan fingerprint density at radius 3 is 2.48 bits per heavy atom. The van der Waals surface area contributed by atoms with Crippen LogP contribution in [-0.2, 0) is 4.79 Å². The maximum Gasteiger partial charge on any atom is 0.329 e. The lowest BCUT2D eigenvalue weighted by Gasteiger charge is -2.36. The smallest absolute Gasteiger partial charge is 0.329 e. The van der Waals surface area contributed by atoms with Gasteiger partial charge in [0.25, 0.3) is 5.91 Å². The lowest BCUT2D eigenvalue weighted by molar-refractivity contribution is -0.146. The first kappa shape index (κ1) is 16.0. The fourth-order valence-electron chi connectivity index (χ4n) is 2.67. The van der Waals surface area contributed by atoms with Crippen molar-refractivity contribution < 1.29 is 14.7 Å². The van der Waals surface area contributed by atoms with Crippen molar-refractivity contribution in [3.63, 3.8) is 0 Å². The average Bonchev–Trinajstić information content (AvgIpc) is 2.44. The molecule has 1 aliphatic rings. The van der Waals surface area contributed by atoms with Gasteiger partial charge in [0.15, 0.2) is 0 Å². The van der Waals surface area contributed by atoms with Gasteiger partial charge in [-0.05, 0) is 56.2 Å². The van der Waals surface area contributed by atoms with Gasteiger partial charge in [-0.15, -0.1) is 0 Å². The Labute approximate surface area is 133 Å². The van der Waals surface area contributed by atoms with Gasteiger partial charge < -0.3 is 10.4 Å². The molecular formula is C16H20BrNO3. The van der Waals surface area contributed by atoms with Crippen LogP contribution in [0.25, 0.3) is 0 Å². The number of hydrogen-bond acceptors (Lipinski definition) is 2. The monoisotopic (exact) mass is 353 g/mol. The molecule has 4 nitrogen and oxygen atoms in total. The molecular weight excluding hydrogens is 334 g/mol. The van der Waals surface area contributed by atoms with Crippen molar-refractivity contribution in [1.29, 1.82) is 0 Å². The van der Waals surface area contributed by atoms with Crippen molar-refractivity contribution in [2.75, 3.05) is 0 Å². The molecule has 0 unspecified atom stereocenters. The molecule has 5 heteroatoms. The average molecular weight is 354 g/mol. The van der Waals surface area contributed by atoms with Crippen LogP contribution in [-0.4, -0.2) is 22.5 Å². The normalized spacial score (nSPS) is 25.4. The summed E-state index contributed by atoms with van der Waals surface area (Å²) in [6, 6.07) is 5.29. The topological polar surface area (TPSA) is 66.4 Å². The fourth-order valence-corrected chi connectivity index (χ4v) is 3.05. The Morgan fingerprint density at radius 1 is 1.33 bits per heavy atom. The number of carboxylic acids is 1. The number of carboxylic acid groups (broad SMARTS) is 1. The molecule has 114 valence electrons. The highest BCUT2D eigenvalue weighted by molar-refractivity contribution is 9.10. The number of aryl methyl sites for hydroxylation is 1. The van der Waals surface area contributed by atoms with Crippen LogP contribution >= 0.6 is 15.9 Å². The van der Waals surface area contributed by atoms with Crippen LogP contribution < -0.4 is 5.32 Å². The van der Waals surface area contributed by atoms with E-state index in [0.29, 0.717) is 24.3 Å². The van der Waals surface area contributed by atoms with Crippen molar-refractivity contribution in [1.82, 2.24) is 5.32 Å². The summed E-state index contributed by atoms with van der Waals surface area (Å²) in [5.74, 6) is -0.746. The molecule has 0 spiro atoms. The van der Waals surface area contributed by atoms with Crippen LogP contribution in [0, 0.1) is 12.8 Å². The molecule has 1 saturated carbocycles. The molecule has 2 rings (SSSR count). The number of rotatable bonds is 3. The minimum atomic E-state index is -1.12. The molecule has 0 radical (unpaired) electrons. The van der Waals surface area contributed by atoms with E-state index in [1.54, 1.807) is 12.1 Å². The van der Waals surface area contributed by atoms with Crippen LogP contribution in [0.1, 0.15) is 48.5 Å². The summed E-state index contributed by atoms with van der Waals surface area (Å²) in [7, 11) is 0. The van der Waals surface area contributed by atoms with Gasteiger partial charge in [-0.1, -0.05) is 28.9 Å². The van der Waals surface area contributed by atoms with Crippen LogP contribution in [0.4, 0.5) is 0 Å². The second-order valence-electron chi connectivity index (χ2n) is 5.99. The molecule has 0 saturated heterocycles. The van der Waals surface area contributed by atoms with Crippen LogP contribution in [0.2, 0.25) is 0 Å². The molecule has 1 fully saturated rings. The zero-order valence-corrected chi connectivity index (χ0v) is 13.9. The van der Waals surface area contributed by atoms with Gasteiger partial charge in [0.05, 0.1) is 0 Å². The number of amides is 1. The molecule has 0 atom stereocenters. The third kappa shape index (κ3) is 3.46. The summed E-state index contributed by atoms with van der Waals surface area (Å²) < 4.78 is 0.844. The number of carbonyl (C=O) groups is 2. The predicted molar refractivity (Wildman–Crippen MR) is 84.3 cm³/mol. The third-order valence-electron chi connectivity index (χ3n) is 4.32. The van der Waals surface area contributed by atoms with Crippen molar-refractivity contribution in [2.45, 2.75) is 45.1 Å². The zero-order valence-electron chi connectivity index (χ0n) is 12.3. The lowest BCUT2D eigenvalue weighted by atomic mass is 9.77. The molecule has 0 aromatic heterocycles. The minimum Gasteiger partial charge on any atom is -0.480 e. The molecule has 0 bridgehead atoms. The summed E-state index contributed by atoms with van der Waals surface area (Å²) in [5, 5.41) is 12.3. The van der Waals surface area contributed by atoms with E-state index in [4.69, 9.17) is 0 Å². The van der Waals surface area contributed by atoms with Crippen molar-refractivity contribution >= 4 is 27.8 Å². The van der Waals surface area contributed by atoms with Crippen molar-refractivity contribution in [3.8, 4) is 0 Å². The largest absolute Gasteiger partial charge is 0.480 e. The van der Waals surface area contributed by atoms with E-state index in [2.05, 4.69) is 28.2 Å². The fraction of sp³-hybridized carbons (Fsp3) is 0.500. The van der Waals surface area contributed by atoms with Gasteiger partial charge in [0, 0.05) is 10.0 Å². The quantitative estimate of drug-likeness (QED) is 0.873. The van der Waals surface area contributed by atoms with Gasteiger partial charge in [-0.3, -0.25) is 4.79 Å². The highest BCUT2D eigenvalue weighted by Gasteiger charge is 2.42. The maximum atomic E-state index is 12.4. The second-order valence-corrected chi connectivity index (χ2v) is 6.84. The van der Waals surface area contributed by atoms with E-state index in [0.717, 1.165) is 22.9 Å². The first-order chi connectivity index (χ1) is 9.84. The van der Waals surface area contributed by atoms with Crippen molar-refractivity contribution in [3.05, 3.63) is 33.8 Å². The molecule has 0 heterocycles. The van der Waals surface area contributed by atoms with Crippen LogP contribution in [0.3, 0.4) is 0 Å². The third-order valence-corrected chi connectivity index (χ3v) is 5.18.